The molecule has 0 fully saturated rings. The van der Waals surface area contributed by atoms with Crippen LogP contribution in [0.3, 0.4) is 0 Å². The fourth-order valence-electron chi connectivity index (χ4n) is 2.00. The second-order valence-electron chi connectivity index (χ2n) is 6.30. The molecule has 0 aliphatic rings. The van der Waals surface area contributed by atoms with E-state index < -0.39 is 30.0 Å². The minimum absolute atomic E-state index is 0.309. The van der Waals surface area contributed by atoms with Crippen molar-refractivity contribution >= 4 is 17.8 Å². The molecular weight excluding hydrogens is 310 g/mol. The maximum Gasteiger partial charge on any atom is 0.328 e. The van der Waals surface area contributed by atoms with Crippen LogP contribution in [0, 0.1) is 0 Å². The van der Waals surface area contributed by atoms with Crippen molar-refractivity contribution in [3.8, 4) is 0 Å². The first-order chi connectivity index (χ1) is 11.3. The maximum absolute atomic E-state index is 11.9. The van der Waals surface area contributed by atoms with E-state index in [9.17, 15) is 14.4 Å². The molecule has 0 rings (SSSR count). The fourth-order valence-corrected chi connectivity index (χ4v) is 2.00. The highest BCUT2D eigenvalue weighted by Crippen LogP contribution is 2.05. The molecule has 7 nitrogen and oxygen atoms in total. The van der Waals surface area contributed by atoms with Gasteiger partial charge in [0.05, 0.1) is 6.61 Å². The summed E-state index contributed by atoms with van der Waals surface area (Å²) in [6, 6.07) is -1.91. The zero-order valence-electron chi connectivity index (χ0n) is 15.5. The van der Waals surface area contributed by atoms with Gasteiger partial charge < -0.3 is 21.1 Å². The van der Waals surface area contributed by atoms with E-state index in [0.29, 0.717) is 6.61 Å². The highest BCUT2D eigenvalue weighted by atomic mass is 16.5. The summed E-state index contributed by atoms with van der Waals surface area (Å²) in [4.78, 5) is 35.3. The lowest BCUT2D eigenvalue weighted by atomic mass is 10.1. The maximum atomic E-state index is 11.9. The van der Waals surface area contributed by atoms with E-state index in [2.05, 4.69) is 23.3 Å². The molecule has 0 heterocycles. The molecule has 140 valence electrons. The zero-order valence-corrected chi connectivity index (χ0v) is 15.5. The highest BCUT2D eigenvalue weighted by molar-refractivity contribution is 5.91. The van der Waals surface area contributed by atoms with Crippen LogP contribution < -0.4 is 16.4 Å². The first-order valence-corrected chi connectivity index (χ1v) is 8.90. The standard InChI is InChI=1S/C17H33N3O4/c1-5-6-7-8-9-10-11-24-17(23)14(4)20-16(22)13(3)19-15(21)12(2)18/h12-14H,5-11,18H2,1-4H3,(H,19,21)(H,20,22)/p+1. The smallest absolute Gasteiger partial charge is 0.328 e. The molecule has 0 saturated heterocycles. The van der Waals surface area contributed by atoms with E-state index in [1.807, 2.05) is 0 Å². The molecule has 0 radical (unpaired) electrons. The number of esters is 1. The van der Waals surface area contributed by atoms with E-state index in [1.165, 1.54) is 19.3 Å². The van der Waals surface area contributed by atoms with Gasteiger partial charge in [-0.2, -0.15) is 0 Å². The largest absolute Gasteiger partial charge is 0.464 e. The van der Waals surface area contributed by atoms with E-state index in [-0.39, 0.29) is 5.91 Å². The van der Waals surface area contributed by atoms with Gasteiger partial charge in [0.15, 0.2) is 6.04 Å². The summed E-state index contributed by atoms with van der Waals surface area (Å²) >= 11 is 0. The Bertz CT molecular complexity index is 399. The normalized spacial score (nSPS) is 14.4. The lowest BCUT2D eigenvalue weighted by Gasteiger charge is -2.18. The van der Waals surface area contributed by atoms with E-state index >= 15 is 0 Å². The van der Waals surface area contributed by atoms with Crippen LogP contribution in [0.2, 0.25) is 0 Å². The number of quaternary nitrogens is 1. The quantitative estimate of drug-likeness (QED) is 0.354. The molecule has 0 spiro atoms. The predicted octanol–water partition coefficient (Wildman–Crippen LogP) is 0.530. The number of unbranched alkanes of at least 4 members (excludes halogenated alkanes) is 5. The van der Waals surface area contributed by atoms with Gasteiger partial charge in [-0.05, 0) is 27.2 Å². The second kappa shape index (κ2) is 12.8. The van der Waals surface area contributed by atoms with Gasteiger partial charge in [-0.15, -0.1) is 0 Å². The number of nitrogens with one attached hydrogen (secondary N) is 2. The summed E-state index contributed by atoms with van der Waals surface area (Å²) in [5.41, 5.74) is 3.59. The molecule has 0 aliphatic carbocycles. The Morgan fingerprint density at radius 2 is 1.42 bits per heavy atom. The van der Waals surface area contributed by atoms with Crippen LogP contribution in [0.1, 0.15) is 66.2 Å². The predicted molar refractivity (Wildman–Crippen MR) is 91.9 cm³/mol. The minimum atomic E-state index is -0.742. The SMILES string of the molecule is CCCCCCCCOC(=O)C(C)NC(=O)C(C)NC(=O)C(C)[NH3+]. The molecule has 3 atom stereocenters. The van der Waals surface area contributed by atoms with E-state index in [1.54, 1.807) is 20.8 Å². The van der Waals surface area contributed by atoms with Gasteiger partial charge in [-0.1, -0.05) is 39.0 Å². The number of carbonyl (C=O) groups is 3. The molecule has 0 saturated carbocycles. The molecule has 24 heavy (non-hydrogen) atoms. The first-order valence-electron chi connectivity index (χ1n) is 8.90. The Hall–Kier alpha value is -1.63. The van der Waals surface area contributed by atoms with Crippen LogP contribution in [0.25, 0.3) is 0 Å². The number of ether oxygens (including phenoxy) is 1. The number of rotatable bonds is 12. The lowest BCUT2D eigenvalue weighted by Crippen LogP contribution is -2.67. The average molecular weight is 344 g/mol. The summed E-state index contributed by atoms with van der Waals surface area (Å²) < 4.78 is 5.16. The first kappa shape index (κ1) is 22.4. The van der Waals surface area contributed by atoms with Crippen molar-refractivity contribution in [3.63, 3.8) is 0 Å². The van der Waals surface area contributed by atoms with Gasteiger partial charge in [0.1, 0.15) is 12.1 Å². The molecular formula is C17H34N3O4+. The van der Waals surface area contributed by atoms with Crippen molar-refractivity contribution in [3.05, 3.63) is 0 Å². The van der Waals surface area contributed by atoms with Gasteiger partial charge in [-0.3, -0.25) is 9.59 Å². The number of amides is 2. The van der Waals surface area contributed by atoms with Gasteiger partial charge in [-0.25, -0.2) is 4.79 Å². The van der Waals surface area contributed by atoms with Crippen LogP contribution in [-0.2, 0) is 19.1 Å². The molecule has 3 unspecified atom stereocenters. The lowest BCUT2D eigenvalue weighted by molar-refractivity contribution is -0.398. The van der Waals surface area contributed by atoms with Crippen LogP contribution in [0.5, 0.6) is 0 Å². The molecule has 0 bridgehead atoms. The molecule has 2 amide bonds. The molecule has 0 aliphatic heterocycles. The number of carbonyl (C=O) groups excluding carboxylic acids is 3. The van der Waals surface area contributed by atoms with Crippen LogP contribution in [-0.4, -0.2) is 42.5 Å². The van der Waals surface area contributed by atoms with E-state index in [0.717, 1.165) is 19.3 Å². The van der Waals surface area contributed by atoms with Crippen molar-refractivity contribution in [2.75, 3.05) is 6.61 Å². The molecule has 5 N–H and O–H groups in total. The monoisotopic (exact) mass is 344 g/mol. The van der Waals surface area contributed by atoms with Gasteiger partial charge in [0, 0.05) is 0 Å². The summed E-state index contributed by atoms with van der Waals surface area (Å²) in [5.74, 6) is -1.19. The van der Waals surface area contributed by atoms with Crippen molar-refractivity contribution < 1.29 is 24.9 Å². The number of hydrogen-bond acceptors (Lipinski definition) is 4. The Morgan fingerprint density at radius 1 is 0.875 bits per heavy atom. The topological polar surface area (TPSA) is 112 Å². The molecule has 0 aromatic carbocycles. The summed E-state index contributed by atoms with van der Waals surface area (Å²) in [7, 11) is 0. The third kappa shape index (κ3) is 10.2. The van der Waals surface area contributed by atoms with Gasteiger partial charge in [0.25, 0.3) is 5.91 Å². The summed E-state index contributed by atoms with van der Waals surface area (Å²) in [6.45, 7) is 7.31. The molecule has 7 heteroatoms. The summed E-state index contributed by atoms with van der Waals surface area (Å²) in [6.07, 6.45) is 6.69. The molecule has 0 aromatic rings. The third-order valence-corrected chi connectivity index (χ3v) is 3.65. The van der Waals surface area contributed by atoms with Crippen molar-refractivity contribution in [1.82, 2.24) is 10.6 Å². The Labute approximate surface area is 145 Å². The average Bonchev–Trinajstić information content (AvgIpc) is 2.53. The van der Waals surface area contributed by atoms with Gasteiger partial charge in [0.2, 0.25) is 5.91 Å². The zero-order chi connectivity index (χ0) is 18.5. The van der Waals surface area contributed by atoms with Crippen molar-refractivity contribution in [2.24, 2.45) is 0 Å². The highest BCUT2D eigenvalue weighted by Gasteiger charge is 2.23. The minimum Gasteiger partial charge on any atom is -0.464 e. The Morgan fingerprint density at radius 3 is 2.00 bits per heavy atom. The summed E-state index contributed by atoms with van der Waals surface area (Å²) in [5, 5.41) is 5.08. The van der Waals surface area contributed by atoms with Crippen LogP contribution in [0.15, 0.2) is 0 Å². The second-order valence-corrected chi connectivity index (χ2v) is 6.30. The Kier molecular flexibility index (Phi) is 11.9. The van der Waals surface area contributed by atoms with Crippen LogP contribution >= 0.6 is 0 Å². The Balaban J connectivity index is 3.95. The third-order valence-electron chi connectivity index (χ3n) is 3.65. The van der Waals surface area contributed by atoms with Crippen LogP contribution in [0.4, 0.5) is 0 Å². The van der Waals surface area contributed by atoms with Crippen molar-refractivity contribution in [2.45, 2.75) is 84.3 Å². The van der Waals surface area contributed by atoms with Crippen molar-refractivity contribution in [1.29, 1.82) is 0 Å². The number of hydrogen-bond donors (Lipinski definition) is 3. The molecule has 0 aromatic heterocycles. The van der Waals surface area contributed by atoms with Gasteiger partial charge >= 0.3 is 5.97 Å². The van der Waals surface area contributed by atoms with E-state index in [4.69, 9.17) is 4.74 Å². The fraction of sp³-hybridized carbons (Fsp3) is 0.824.